The van der Waals surface area contributed by atoms with Gasteiger partial charge in [-0.2, -0.15) is 0 Å². The number of amides is 2. The van der Waals surface area contributed by atoms with Crippen LogP contribution >= 0.6 is 11.3 Å². The predicted molar refractivity (Wildman–Crippen MR) is 143 cm³/mol. The van der Waals surface area contributed by atoms with E-state index in [9.17, 15) is 14.0 Å². The molecule has 2 aliphatic heterocycles. The lowest BCUT2D eigenvalue weighted by atomic mass is 9.90. The highest BCUT2D eigenvalue weighted by atomic mass is 32.1. The molecule has 198 valence electrons. The van der Waals surface area contributed by atoms with Crippen LogP contribution in [-0.2, 0) is 12.8 Å². The first-order valence-corrected chi connectivity index (χ1v) is 14.1. The number of aryl methyl sites for hydroxylation is 3. The third kappa shape index (κ3) is 3.57. The van der Waals surface area contributed by atoms with Gasteiger partial charge in [-0.1, -0.05) is 13.0 Å². The van der Waals surface area contributed by atoms with Gasteiger partial charge in [-0.25, -0.2) is 4.39 Å². The molecule has 3 aromatic heterocycles. The molecule has 1 saturated heterocycles. The molecule has 7 rings (SSSR count). The van der Waals surface area contributed by atoms with Gasteiger partial charge in [0, 0.05) is 29.8 Å². The fourth-order valence-corrected chi connectivity index (χ4v) is 7.70. The van der Waals surface area contributed by atoms with Crippen LogP contribution in [-0.4, -0.2) is 38.4 Å². The fraction of sp³-hybridized carbons (Fsp3) is 0.345. The van der Waals surface area contributed by atoms with Crippen LogP contribution in [0.4, 0.5) is 4.39 Å². The smallest absolute Gasteiger partial charge is 0.259 e. The van der Waals surface area contributed by atoms with Crippen LogP contribution < -0.4 is 5.73 Å². The van der Waals surface area contributed by atoms with E-state index in [0.29, 0.717) is 52.7 Å². The number of nitrogens with zero attached hydrogens (tertiary/aromatic N) is 4. The molecule has 10 heteroatoms. The average molecular weight is 544 g/mol. The van der Waals surface area contributed by atoms with Gasteiger partial charge < -0.3 is 15.1 Å². The molecule has 1 aliphatic carbocycles. The van der Waals surface area contributed by atoms with Crippen molar-refractivity contribution in [3.05, 3.63) is 74.5 Å². The summed E-state index contributed by atoms with van der Waals surface area (Å²) in [6.45, 7) is 4.42. The Bertz CT molecular complexity index is 1690. The molecule has 8 nitrogen and oxygen atoms in total. The number of hydrogen-bond acceptors (Lipinski definition) is 7. The summed E-state index contributed by atoms with van der Waals surface area (Å²) in [5.41, 5.74) is 12.1. The van der Waals surface area contributed by atoms with Gasteiger partial charge in [0.1, 0.15) is 5.82 Å². The first-order valence-electron chi connectivity index (χ1n) is 13.3. The minimum Gasteiger partial charge on any atom is -0.421 e. The zero-order valence-electron chi connectivity index (χ0n) is 21.6. The Balaban J connectivity index is 1.50. The van der Waals surface area contributed by atoms with Crippen LogP contribution in [0.5, 0.6) is 0 Å². The Hall–Kier alpha value is -3.92. The van der Waals surface area contributed by atoms with Crippen molar-refractivity contribution in [2.75, 3.05) is 6.54 Å². The Kier molecular flexibility index (Phi) is 5.45. The van der Waals surface area contributed by atoms with Gasteiger partial charge in [-0.15, -0.1) is 21.5 Å². The quantitative estimate of drug-likeness (QED) is 0.363. The average Bonchev–Trinajstić information content (AvgIpc) is 3.73. The summed E-state index contributed by atoms with van der Waals surface area (Å²) in [5.74, 6) is -0.250. The summed E-state index contributed by atoms with van der Waals surface area (Å²) in [4.78, 5) is 34.7. The van der Waals surface area contributed by atoms with E-state index in [1.54, 1.807) is 19.1 Å². The molecule has 0 bridgehead atoms. The second kappa shape index (κ2) is 8.81. The lowest BCUT2D eigenvalue weighted by Gasteiger charge is -2.15. The summed E-state index contributed by atoms with van der Waals surface area (Å²) in [7, 11) is 0. The van der Waals surface area contributed by atoms with Crippen molar-refractivity contribution in [2.24, 2.45) is 5.73 Å². The van der Waals surface area contributed by atoms with Crippen molar-refractivity contribution in [1.82, 2.24) is 20.1 Å². The van der Waals surface area contributed by atoms with E-state index in [4.69, 9.17) is 15.1 Å². The second-order valence-electron chi connectivity index (χ2n) is 10.4. The van der Waals surface area contributed by atoms with E-state index < -0.39 is 5.91 Å². The van der Waals surface area contributed by atoms with Crippen molar-refractivity contribution in [3.63, 3.8) is 0 Å². The van der Waals surface area contributed by atoms with Gasteiger partial charge in [0.2, 0.25) is 11.8 Å². The van der Waals surface area contributed by atoms with Crippen LogP contribution in [0, 0.1) is 12.7 Å². The maximum Gasteiger partial charge on any atom is 0.259 e. The van der Waals surface area contributed by atoms with E-state index in [-0.39, 0.29) is 23.7 Å². The normalized spacial score (nSPS) is 19.5. The number of primary amides is 1. The van der Waals surface area contributed by atoms with E-state index in [0.717, 1.165) is 52.2 Å². The van der Waals surface area contributed by atoms with Gasteiger partial charge in [0.05, 0.1) is 33.4 Å². The van der Waals surface area contributed by atoms with Crippen molar-refractivity contribution in [2.45, 2.75) is 57.9 Å². The van der Waals surface area contributed by atoms with Crippen molar-refractivity contribution in [3.8, 4) is 21.9 Å². The van der Waals surface area contributed by atoms with E-state index in [2.05, 4.69) is 10.2 Å². The lowest BCUT2D eigenvalue weighted by Crippen LogP contribution is -2.22. The fourth-order valence-electron chi connectivity index (χ4n) is 6.57. The van der Waals surface area contributed by atoms with Gasteiger partial charge in [0.25, 0.3) is 11.8 Å². The Morgan fingerprint density at radius 3 is 2.77 bits per heavy atom. The molecular weight excluding hydrogens is 517 g/mol. The van der Waals surface area contributed by atoms with Gasteiger partial charge in [0.15, 0.2) is 0 Å². The topological polar surface area (TPSA) is 115 Å². The number of aromatic nitrogens is 3. The highest BCUT2D eigenvalue weighted by Crippen LogP contribution is 2.51. The zero-order chi connectivity index (χ0) is 27.0. The van der Waals surface area contributed by atoms with Crippen LogP contribution in [0.2, 0.25) is 0 Å². The van der Waals surface area contributed by atoms with Crippen LogP contribution in [0.15, 0.2) is 28.7 Å². The Morgan fingerprint density at radius 2 is 2.03 bits per heavy atom. The molecule has 2 atom stereocenters. The van der Waals surface area contributed by atoms with E-state index in [1.165, 1.54) is 17.4 Å². The first-order chi connectivity index (χ1) is 18.9. The lowest BCUT2D eigenvalue weighted by molar-refractivity contribution is 0.0776. The molecule has 2 N–H and O–H groups in total. The second-order valence-corrected chi connectivity index (χ2v) is 11.5. The molecule has 0 spiro atoms. The molecule has 39 heavy (non-hydrogen) atoms. The van der Waals surface area contributed by atoms with Gasteiger partial charge in [-0.05, 0) is 67.0 Å². The molecular formula is C29H26FN5O3S. The molecule has 2 amide bonds. The molecule has 1 fully saturated rings. The third-order valence-electron chi connectivity index (χ3n) is 8.21. The Morgan fingerprint density at radius 1 is 1.18 bits per heavy atom. The number of pyridine rings is 1. The zero-order valence-corrected chi connectivity index (χ0v) is 22.4. The van der Waals surface area contributed by atoms with Gasteiger partial charge in [-0.3, -0.25) is 14.6 Å². The summed E-state index contributed by atoms with van der Waals surface area (Å²) < 4.78 is 19.8. The number of benzene rings is 1. The third-order valence-corrected chi connectivity index (χ3v) is 9.39. The molecule has 1 aromatic carbocycles. The number of nitrogens with two attached hydrogens (primary N) is 1. The largest absolute Gasteiger partial charge is 0.421 e. The Labute approximate surface area is 228 Å². The van der Waals surface area contributed by atoms with Crippen LogP contribution in [0.1, 0.15) is 92.1 Å². The molecule has 5 heterocycles. The number of thiophene rings is 1. The summed E-state index contributed by atoms with van der Waals surface area (Å²) >= 11 is 1.28. The van der Waals surface area contributed by atoms with Crippen LogP contribution in [0.25, 0.3) is 21.9 Å². The summed E-state index contributed by atoms with van der Waals surface area (Å²) in [6, 6.07) is 6.75. The number of hydrogen-bond donors (Lipinski definition) is 1. The number of rotatable bonds is 5. The molecule has 0 radical (unpaired) electrons. The molecule has 3 aliphatic rings. The van der Waals surface area contributed by atoms with Crippen LogP contribution in [0.3, 0.4) is 0 Å². The molecule has 4 aromatic rings. The number of carbonyl (C=O) groups excluding carboxylic acids is 2. The number of halogens is 1. The van der Waals surface area contributed by atoms with Crippen molar-refractivity contribution < 1.29 is 18.4 Å². The van der Waals surface area contributed by atoms with Crippen molar-refractivity contribution >= 4 is 23.2 Å². The summed E-state index contributed by atoms with van der Waals surface area (Å²) in [5, 5.41) is 8.36. The monoisotopic (exact) mass is 543 g/mol. The highest BCUT2D eigenvalue weighted by molar-refractivity contribution is 7.17. The molecule has 0 saturated carbocycles. The predicted octanol–water partition coefficient (Wildman–Crippen LogP) is 5.34. The minimum atomic E-state index is -0.527. The standard InChI is InChI=1S/C29H26FN5O3S/c1-3-19-22(28-34-33-13(2)38-28)23(24-25(32-19)20-5-4-10-35(20)29(24)37)21-12-18(26(39-21)27(31)36)17-8-6-14-11-15(30)7-9-16(14)17/h7,9,11-12,17,20H,3-6,8,10H2,1-2H3,(H2,31,36)/t17-,20+/m1/s1. The van der Waals surface area contributed by atoms with Gasteiger partial charge >= 0.3 is 0 Å². The van der Waals surface area contributed by atoms with E-state index in [1.807, 2.05) is 17.9 Å². The maximum absolute atomic E-state index is 13.9. The maximum atomic E-state index is 13.9. The number of carbonyl (C=O) groups is 2. The number of fused-ring (bicyclic) bond motifs is 4. The van der Waals surface area contributed by atoms with Crippen molar-refractivity contribution in [1.29, 1.82) is 0 Å². The molecule has 0 unspecified atom stereocenters. The SMILES string of the molecule is CCc1nc2c(c(-c3cc([C@@H]4CCc5cc(F)ccc54)c(C(N)=O)s3)c1-c1nnc(C)o1)C(=O)N1CCC[C@@H]21. The first kappa shape index (κ1) is 24.1. The minimum absolute atomic E-state index is 0.0540. The summed E-state index contributed by atoms with van der Waals surface area (Å²) in [6.07, 6.45) is 3.86. The van der Waals surface area contributed by atoms with E-state index >= 15 is 0 Å². The highest BCUT2D eigenvalue weighted by Gasteiger charge is 2.45.